The topological polar surface area (TPSA) is 145 Å². The van der Waals surface area contributed by atoms with Crippen molar-refractivity contribution in [2.75, 3.05) is 0 Å². The molecule has 1 atom stereocenters. The summed E-state index contributed by atoms with van der Waals surface area (Å²) in [5.74, 6) is -1.46. The van der Waals surface area contributed by atoms with E-state index < -0.39 is 16.8 Å². The fourth-order valence-electron chi connectivity index (χ4n) is 5.79. The molecule has 1 aliphatic rings. The van der Waals surface area contributed by atoms with Gasteiger partial charge in [0.15, 0.2) is 0 Å². The van der Waals surface area contributed by atoms with Crippen molar-refractivity contribution in [3.8, 4) is 11.4 Å². The predicted molar refractivity (Wildman–Crippen MR) is 168 cm³/mol. The number of nitrogens with zero attached hydrogens (tertiary/aromatic N) is 3. The second-order valence-corrected chi connectivity index (χ2v) is 10.8. The number of ether oxygens (including phenoxy) is 1. The number of H-pyrrole nitrogens is 2. The van der Waals surface area contributed by atoms with Crippen molar-refractivity contribution < 1.29 is 14.5 Å². The monoisotopic (exact) mass is 603 g/mol. The third-order valence-corrected chi connectivity index (χ3v) is 7.92. The number of nitro benzene ring substituents is 1. The second-order valence-electron chi connectivity index (χ2n) is 10.8. The summed E-state index contributed by atoms with van der Waals surface area (Å²) >= 11 is 0. The van der Waals surface area contributed by atoms with Gasteiger partial charge in [0.1, 0.15) is 5.76 Å². The Morgan fingerprint density at radius 1 is 0.867 bits per heavy atom. The molecule has 0 radical (unpaired) electrons. The van der Waals surface area contributed by atoms with Crippen molar-refractivity contribution in [2.45, 2.75) is 26.2 Å². The number of rotatable bonds is 8. The summed E-state index contributed by atoms with van der Waals surface area (Å²) in [6.07, 6.45) is 5.54. The van der Waals surface area contributed by atoms with E-state index in [0.29, 0.717) is 40.3 Å². The zero-order valence-electron chi connectivity index (χ0n) is 24.5. The van der Waals surface area contributed by atoms with Crippen molar-refractivity contribution in [3.05, 3.63) is 168 Å². The number of non-ortho nitro benzene ring substituents is 1. The highest BCUT2D eigenvalue weighted by molar-refractivity contribution is 5.91. The Morgan fingerprint density at radius 2 is 1.42 bits per heavy atom. The molecule has 11 nitrogen and oxygen atoms in total. The van der Waals surface area contributed by atoms with E-state index in [2.05, 4.69) is 10.2 Å². The minimum atomic E-state index is -0.732. The number of benzene rings is 3. The molecule has 0 unspecified atom stereocenters. The van der Waals surface area contributed by atoms with Crippen LogP contribution in [0.25, 0.3) is 11.4 Å². The smallest absolute Gasteiger partial charge is 0.343 e. The zero-order valence-corrected chi connectivity index (χ0v) is 24.5. The molecule has 1 aliphatic carbocycles. The van der Waals surface area contributed by atoms with Crippen molar-refractivity contribution >= 4 is 11.7 Å². The maximum Gasteiger partial charge on any atom is 0.343 e. The second kappa shape index (κ2) is 12.0. The molecule has 0 saturated heterocycles. The van der Waals surface area contributed by atoms with Gasteiger partial charge >= 0.3 is 5.97 Å². The number of esters is 1. The molecule has 45 heavy (non-hydrogen) atoms. The van der Waals surface area contributed by atoms with Crippen LogP contribution in [0.1, 0.15) is 45.2 Å². The number of allylic oxidation sites excluding steroid dienone is 3. The summed E-state index contributed by atoms with van der Waals surface area (Å²) in [6.45, 7) is 3.63. The Bertz CT molecular complexity index is 1980. The van der Waals surface area contributed by atoms with Gasteiger partial charge in [-0.2, -0.15) is 0 Å². The van der Waals surface area contributed by atoms with Crippen LogP contribution in [-0.4, -0.2) is 30.5 Å². The van der Waals surface area contributed by atoms with Crippen molar-refractivity contribution in [2.24, 2.45) is 5.92 Å². The van der Waals surface area contributed by atoms with Gasteiger partial charge in [-0.15, -0.1) is 0 Å². The Balaban J connectivity index is 1.38. The number of nitro groups is 1. The van der Waals surface area contributed by atoms with Gasteiger partial charge in [0.25, 0.3) is 16.8 Å². The summed E-state index contributed by atoms with van der Waals surface area (Å²) in [6, 6.07) is 23.7. The summed E-state index contributed by atoms with van der Waals surface area (Å²) in [5, 5.41) is 17.5. The maximum absolute atomic E-state index is 14.0. The number of carbonyl (C=O) groups is 1. The van der Waals surface area contributed by atoms with E-state index in [1.165, 1.54) is 27.6 Å². The van der Waals surface area contributed by atoms with E-state index in [9.17, 15) is 24.5 Å². The van der Waals surface area contributed by atoms with E-state index in [1.54, 1.807) is 12.2 Å². The normalized spacial score (nSPS) is 14.4. The Kier molecular flexibility index (Phi) is 7.74. The maximum atomic E-state index is 14.0. The molecule has 226 valence electrons. The number of nitrogens with one attached hydrogen (secondary N) is 2. The van der Waals surface area contributed by atoms with Crippen LogP contribution in [0, 0.1) is 29.9 Å². The van der Waals surface area contributed by atoms with Crippen LogP contribution in [-0.2, 0) is 4.74 Å². The summed E-state index contributed by atoms with van der Waals surface area (Å²) in [7, 11) is 0. The fourth-order valence-corrected chi connectivity index (χ4v) is 5.79. The van der Waals surface area contributed by atoms with Gasteiger partial charge in [-0.1, -0.05) is 48.5 Å². The predicted octanol–water partition coefficient (Wildman–Crippen LogP) is 5.62. The van der Waals surface area contributed by atoms with Gasteiger partial charge in [-0.05, 0) is 68.7 Å². The van der Waals surface area contributed by atoms with Crippen LogP contribution in [0.3, 0.4) is 0 Å². The van der Waals surface area contributed by atoms with Gasteiger partial charge in [0.05, 0.1) is 21.9 Å². The molecule has 0 bridgehead atoms. The molecule has 0 saturated carbocycles. The molecule has 2 heterocycles. The number of para-hydroxylation sites is 2. The Hall–Kier alpha value is -5.97. The number of hydrogen-bond donors (Lipinski definition) is 2. The Morgan fingerprint density at radius 3 is 1.91 bits per heavy atom. The highest BCUT2D eigenvalue weighted by Gasteiger charge is 2.35. The van der Waals surface area contributed by atoms with Gasteiger partial charge in [-0.3, -0.25) is 29.9 Å². The average molecular weight is 604 g/mol. The summed E-state index contributed by atoms with van der Waals surface area (Å²) in [4.78, 5) is 51.4. The first-order chi connectivity index (χ1) is 21.7. The minimum Gasteiger partial charge on any atom is -0.423 e. The first-order valence-electron chi connectivity index (χ1n) is 14.3. The molecule has 0 amide bonds. The fraction of sp³-hybridized carbons (Fsp3) is 0.147. The van der Waals surface area contributed by atoms with Crippen LogP contribution < -0.4 is 11.1 Å². The van der Waals surface area contributed by atoms with E-state index in [1.807, 2.05) is 80.6 Å². The van der Waals surface area contributed by atoms with Crippen molar-refractivity contribution in [1.82, 2.24) is 19.6 Å². The van der Waals surface area contributed by atoms with Gasteiger partial charge in [-0.25, -0.2) is 14.2 Å². The molecule has 6 rings (SSSR count). The molecular weight excluding hydrogens is 574 g/mol. The van der Waals surface area contributed by atoms with E-state index in [0.717, 1.165) is 6.07 Å². The standard InChI is InChI=1S/C34H29N5O6/c1-21-29(32(40)37(35-21)25-11-5-3-6-12-25)31(30-22(2)36-38(33(30)41)26-13-7-4-8-14-26)23-16-18-28(19-17-23)45-34(42)24-10-9-15-27(20-24)39(43)44/h3-16,18-20,23,31,35-36H,17H2,1-2H3/t23-/m0/s1. The molecule has 11 heteroatoms. The van der Waals surface area contributed by atoms with Crippen LogP contribution >= 0.6 is 0 Å². The quantitative estimate of drug-likeness (QED) is 0.134. The first kappa shape index (κ1) is 29.1. The lowest BCUT2D eigenvalue weighted by Gasteiger charge is -2.25. The SMILES string of the molecule is Cc1[nH]n(-c2ccccc2)c(=O)c1C(c1c(C)[nH]n(-c2ccccc2)c1=O)[C@H]1C=CC(OC(=O)c2cccc([N+](=O)[O-])c2)=CC1. The van der Waals surface area contributed by atoms with Crippen LogP contribution in [0.2, 0.25) is 0 Å². The molecule has 0 aliphatic heterocycles. The molecule has 2 aromatic heterocycles. The zero-order chi connectivity index (χ0) is 31.7. The third kappa shape index (κ3) is 5.58. The molecule has 0 fully saturated rings. The van der Waals surface area contributed by atoms with Crippen LogP contribution in [0.15, 0.2) is 119 Å². The highest BCUT2D eigenvalue weighted by Crippen LogP contribution is 2.37. The number of aromatic nitrogens is 4. The largest absolute Gasteiger partial charge is 0.423 e. The van der Waals surface area contributed by atoms with Crippen molar-refractivity contribution in [3.63, 3.8) is 0 Å². The minimum absolute atomic E-state index is 0.0484. The van der Waals surface area contributed by atoms with E-state index in [-0.39, 0.29) is 34.0 Å². The Labute approximate surface area is 256 Å². The molecular formula is C34H29N5O6. The van der Waals surface area contributed by atoms with Crippen LogP contribution in [0.5, 0.6) is 0 Å². The lowest BCUT2D eigenvalue weighted by Crippen LogP contribution is -2.28. The number of hydrogen-bond acceptors (Lipinski definition) is 6. The van der Waals surface area contributed by atoms with Gasteiger partial charge in [0.2, 0.25) is 0 Å². The van der Waals surface area contributed by atoms with Gasteiger partial charge in [0, 0.05) is 40.6 Å². The number of aromatic amines is 2. The summed E-state index contributed by atoms with van der Waals surface area (Å²) < 4.78 is 8.49. The lowest BCUT2D eigenvalue weighted by atomic mass is 9.77. The molecule has 5 aromatic rings. The first-order valence-corrected chi connectivity index (χ1v) is 14.3. The van der Waals surface area contributed by atoms with Gasteiger partial charge < -0.3 is 4.74 Å². The molecule has 3 aromatic carbocycles. The number of aryl methyl sites for hydroxylation is 2. The average Bonchev–Trinajstić information content (AvgIpc) is 3.52. The van der Waals surface area contributed by atoms with E-state index >= 15 is 0 Å². The van der Waals surface area contributed by atoms with E-state index in [4.69, 9.17) is 4.74 Å². The van der Waals surface area contributed by atoms with Crippen molar-refractivity contribution in [1.29, 1.82) is 0 Å². The summed E-state index contributed by atoms with van der Waals surface area (Å²) in [5.41, 5.74) is 2.79. The molecule has 0 spiro atoms. The lowest BCUT2D eigenvalue weighted by molar-refractivity contribution is -0.384. The number of carbonyl (C=O) groups excluding carboxylic acids is 1. The third-order valence-electron chi connectivity index (χ3n) is 7.92. The molecule has 2 N–H and O–H groups in total. The highest BCUT2D eigenvalue weighted by atomic mass is 16.6. The van der Waals surface area contributed by atoms with Crippen LogP contribution in [0.4, 0.5) is 5.69 Å².